The van der Waals surface area contributed by atoms with Gasteiger partial charge in [0.25, 0.3) is 5.91 Å². The molecule has 5 amide bonds. The normalized spacial score (nSPS) is 13.3. The van der Waals surface area contributed by atoms with Gasteiger partial charge in [0.2, 0.25) is 23.6 Å². The Morgan fingerprint density at radius 3 is 1.46 bits per heavy atom. The Hall–Kier alpha value is -4.53. The van der Waals surface area contributed by atoms with Gasteiger partial charge in [-0.2, -0.15) is 0 Å². The highest BCUT2D eigenvalue weighted by atomic mass is 16.6. The number of hydrogen-bond donors (Lipinski definition) is 8. The Morgan fingerprint density at radius 2 is 1.01 bits per heavy atom. The molecule has 0 aliphatic rings. The van der Waals surface area contributed by atoms with E-state index in [9.17, 15) is 38.7 Å². The van der Waals surface area contributed by atoms with E-state index >= 15 is 0 Å². The number of nitrogens with one attached hydrogen (secondary N) is 5. The average molecular weight is 1010 g/mol. The molecule has 23 nitrogen and oxygen atoms in total. The first-order valence-corrected chi connectivity index (χ1v) is 24.6. The van der Waals surface area contributed by atoms with Gasteiger partial charge in [-0.3, -0.25) is 28.8 Å². The van der Waals surface area contributed by atoms with Crippen molar-refractivity contribution in [3.8, 4) is 0 Å². The van der Waals surface area contributed by atoms with Gasteiger partial charge >= 0.3 is 0 Å². The van der Waals surface area contributed by atoms with Crippen LogP contribution in [-0.2, 0) is 61.9 Å². The van der Waals surface area contributed by atoms with Gasteiger partial charge in [-0.05, 0) is 58.3 Å². The van der Waals surface area contributed by atoms with E-state index in [-0.39, 0.29) is 63.9 Å². The molecule has 1 aromatic carbocycles. The summed E-state index contributed by atoms with van der Waals surface area (Å²) in [5.74, 6) is -2.87. The van der Waals surface area contributed by atoms with E-state index in [4.69, 9.17) is 49.4 Å². The van der Waals surface area contributed by atoms with Gasteiger partial charge in [0.1, 0.15) is 24.4 Å². The Labute approximate surface area is 418 Å². The monoisotopic (exact) mass is 1010 g/mol. The van der Waals surface area contributed by atoms with Crippen molar-refractivity contribution >= 4 is 41.6 Å². The number of nitrogens with two attached hydrogens (primary N) is 2. The molecule has 0 aromatic heterocycles. The largest absolute Gasteiger partial charge is 0.391 e. The summed E-state index contributed by atoms with van der Waals surface area (Å²) in [5.41, 5.74) is 12.3. The zero-order valence-corrected chi connectivity index (χ0v) is 42.1. The van der Waals surface area contributed by atoms with Crippen LogP contribution in [0.1, 0.15) is 92.9 Å². The molecule has 0 fully saturated rings. The van der Waals surface area contributed by atoms with Crippen molar-refractivity contribution in [2.75, 3.05) is 125 Å². The minimum atomic E-state index is -1.43. The van der Waals surface area contributed by atoms with Crippen molar-refractivity contribution in [2.45, 2.75) is 102 Å². The maximum Gasteiger partial charge on any atom is 0.251 e. The van der Waals surface area contributed by atoms with Crippen LogP contribution in [0.2, 0.25) is 0 Å². The van der Waals surface area contributed by atoms with Crippen LogP contribution in [0.25, 0.3) is 0 Å². The Balaban J connectivity index is 2.12. The van der Waals surface area contributed by atoms with Gasteiger partial charge in [-0.25, -0.2) is 0 Å². The number of ketones is 1. The number of amides is 5. The molecule has 0 aliphatic carbocycles. The van der Waals surface area contributed by atoms with Gasteiger partial charge in [0.15, 0.2) is 5.78 Å². The number of rotatable bonds is 47. The van der Waals surface area contributed by atoms with Crippen LogP contribution in [0, 0.1) is 0 Å². The number of benzene rings is 1. The number of unbranched alkanes of at least 4 members (excludes halogenated alkanes) is 3. The zero-order valence-electron chi connectivity index (χ0n) is 42.1. The summed E-state index contributed by atoms with van der Waals surface area (Å²) >= 11 is 0. The third kappa shape index (κ3) is 32.9. The van der Waals surface area contributed by atoms with Crippen LogP contribution < -0.4 is 38.1 Å². The summed E-state index contributed by atoms with van der Waals surface area (Å²) in [6.07, 6.45) is 3.05. The van der Waals surface area contributed by atoms with Gasteiger partial charge in [0, 0.05) is 24.1 Å². The second kappa shape index (κ2) is 43.1. The lowest BCUT2D eigenvalue weighted by molar-refractivity contribution is -0.135. The number of Topliss-reactive ketones (excluding diaryl/α,β-unsaturated/α-hetero) is 1. The van der Waals surface area contributed by atoms with Crippen molar-refractivity contribution in [3.63, 3.8) is 0 Å². The molecule has 0 aliphatic heterocycles. The average Bonchev–Trinajstić information content (AvgIpc) is 3.35. The standard InChI is InChI=1S/C48H83N7O16/c1-4-5-6-7-8-41(46(61)54-42(14-17-50)47(62)55-44(37(3)58)48(63)52-40(35-56)13-16-49)53-43(59)15-19-64-21-23-66-25-27-68-29-31-70-33-34-71-32-30-69-28-26-67-24-22-65-20-18-51-45(60)39-11-9-38(10-12-39)36(2)57/h9-12,35,37,40-42,44,58H,4-8,13-34,49-50H2,1-3H3,(H,51,60)(H,52,63)(H,53,59)(H,54,61)(H,55,62)/t37-,40+,41+,42+,44+/m1/s1. The fraction of sp³-hybridized carbons (Fsp3) is 0.729. The molecule has 5 atom stereocenters. The van der Waals surface area contributed by atoms with Crippen LogP contribution in [0.15, 0.2) is 24.3 Å². The first kappa shape index (κ1) is 64.5. The van der Waals surface area contributed by atoms with Gasteiger partial charge in [0.05, 0.1) is 118 Å². The predicted molar refractivity (Wildman–Crippen MR) is 262 cm³/mol. The van der Waals surface area contributed by atoms with Crippen molar-refractivity contribution in [2.24, 2.45) is 11.5 Å². The van der Waals surface area contributed by atoms with Crippen LogP contribution in [0.5, 0.6) is 0 Å². The maximum absolute atomic E-state index is 13.5. The highest BCUT2D eigenvalue weighted by Crippen LogP contribution is 2.09. The van der Waals surface area contributed by atoms with Crippen LogP contribution >= 0.6 is 0 Å². The first-order chi connectivity index (χ1) is 34.4. The zero-order chi connectivity index (χ0) is 52.3. The lowest BCUT2D eigenvalue weighted by Gasteiger charge is -2.27. The molecule has 1 rings (SSSR count). The summed E-state index contributed by atoms with van der Waals surface area (Å²) in [6.45, 7) is 11.1. The van der Waals surface area contributed by atoms with Crippen LogP contribution in [-0.4, -0.2) is 202 Å². The summed E-state index contributed by atoms with van der Waals surface area (Å²) < 4.78 is 44.0. The first-order valence-electron chi connectivity index (χ1n) is 24.6. The Morgan fingerprint density at radius 1 is 0.563 bits per heavy atom. The summed E-state index contributed by atoms with van der Waals surface area (Å²) in [5, 5.41) is 23.3. The third-order valence-corrected chi connectivity index (χ3v) is 10.3. The molecular weight excluding hydrogens is 931 g/mol. The molecule has 10 N–H and O–H groups in total. The number of aliphatic hydroxyl groups is 1. The molecule has 0 radical (unpaired) electrons. The fourth-order valence-corrected chi connectivity index (χ4v) is 6.31. The fourth-order valence-electron chi connectivity index (χ4n) is 6.31. The second-order valence-electron chi connectivity index (χ2n) is 16.2. The Bertz CT molecular complexity index is 1610. The topological polar surface area (TPSA) is 326 Å². The van der Waals surface area contributed by atoms with Crippen LogP contribution in [0.4, 0.5) is 0 Å². The van der Waals surface area contributed by atoms with Gasteiger partial charge in [-0.1, -0.05) is 44.7 Å². The number of hydrogen-bond acceptors (Lipinski definition) is 18. The van der Waals surface area contributed by atoms with E-state index in [1.807, 2.05) is 0 Å². The van der Waals surface area contributed by atoms with Crippen molar-refractivity contribution in [1.29, 1.82) is 0 Å². The number of ether oxygens (including phenoxy) is 8. The molecule has 0 spiro atoms. The van der Waals surface area contributed by atoms with E-state index in [0.717, 1.165) is 19.3 Å². The van der Waals surface area contributed by atoms with Gasteiger partial charge in [-0.15, -0.1) is 0 Å². The molecular formula is C48H83N7O16. The minimum absolute atomic E-state index is 0.00802. The molecule has 71 heavy (non-hydrogen) atoms. The van der Waals surface area contributed by atoms with Crippen molar-refractivity contribution < 1.29 is 76.6 Å². The molecule has 0 saturated carbocycles. The molecule has 406 valence electrons. The lowest BCUT2D eigenvalue weighted by Crippen LogP contribution is -2.60. The summed E-state index contributed by atoms with van der Waals surface area (Å²) in [7, 11) is 0. The SMILES string of the molecule is CCCCCC[C@H](NC(=O)CCOCCOCCOCCOCCOCCOCCOCCOCCNC(=O)c1ccc(C(C)=O)cc1)C(=O)N[C@@H](CCN)C(=O)N[C@H](C(=O)N[C@H](C=O)CCN)[C@@H](C)O. The van der Waals surface area contributed by atoms with E-state index in [1.54, 1.807) is 24.3 Å². The van der Waals surface area contributed by atoms with E-state index in [0.29, 0.717) is 123 Å². The summed E-state index contributed by atoms with van der Waals surface area (Å²) in [4.78, 5) is 87.2. The lowest BCUT2D eigenvalue weighted by atomic mass is 10.0. The molecule has 23 heteroatoms. The third-order valence-electron chi connectivity index (χ3n) is 10.3. The molecule has 1 aromatic rings. The second-order valence-corrected chi connectivity index (χ2v) is 16.2. The van der Waals surface area contributed by atoms with E-state index < -0.39 is 53.9 Å². The molecule has 0 unspecified atom stereocenters. The number of carbonyl (C=O) groups excluding carboxylic acids is 7. The highest BCUT2D eigenvalue weighted by Gasteiger charge is 2.32. The van der Waals surface area contributed by atoms with E-state index in [1.165, 1.54) is 13.8 Å². The van der Waals surface area contributed by atoms with Crippen molar-refractivity contribution in [1.82, 2.24) is 26.6 Å². The highest BCUT2D eigenvalue weighted by molar-refractivity contribution is 5.98. The molecule has 0 heterocycles. The quantitative estimate of drug-likeness (QED) is 0.0228. The summed E-state index contributed by atoms with van der Waals surface area (Å²) in [6, 6.07) is 2.01. The number of aliphatic hydroxyl groups excluding tert-OH is 1. The smallest absolute Gasteiger partial charge is 0.251 e. The molecule has 0 saturated heterocycles. The van der Waals surface area contributed by atoms with Crippen molar-refractivity contribution in [3.05, 3.63) is 35.4 Å². The van der Waals surface area contributed by atoms with Gasteiger partial charge < -0.3 is 85.8 Å². The Kier molecular flexibility index (Phi) is 39.1. The van der Waals surface area contributed by atoms with E-state index in [2.05, 4.69) is 33.5 Å². The maximum atomic E-state index is 13.5. The number of aldehydes is 1. The predicted octanol–water partition coefficient (Wildman–Crippen LogP) is -0.671. The van der Waals surface area contributed by atoms with Crippen LogP contribution in [0.3, 0.4) is 0 Å². The minimum Gasteiger partial charge on any atom is -0.391 e. The number of carbonyl (C=O) groups is 7. The molecule has 0 bridgehead atoms.